The van der Waals surface area contributed by atoms with Crippen molar-refractivity contribution in [3.63, 3.8) is 0 Å². The van der Waals surface area contributed by atoms with Gasteiger partial charge in [0, 0.05) is 29.7 Å². The second-order valence-electron chi connectivity index (χ2n) is 8.06. The Morgan fingerprint density at radius 2 is 1.50 bits per heavy atom. The fraction of sp³-hybridized carbons (Fsp3) is 0.148. The first kappa shape index (κ1) is 22.8. The summed E-state index contributed by atoms with van der Waals surface area (Å²) in [6.45, 7) is 4.56. The Hall–Kier alpha value is -4.39. The molecule has 0 atom stereocenters. The number of amides is 2. The van der Waals surface area contributed by atoms with Gasteiger partial charge in [-0.25, -0.2) is 4.98 Å². The molecule has 2 N–H and O–H groups in total. The SMILES string of the molecule is COc1ccc(NC(=O)c2cn(Cc3ccc(NC(=O)c4ccc(C)c(C)c4)cc3)cn2)cc1. The molecule has 0 aliphatic heterocycles. The lowest BCUT2D eigenvalue weighted by Gasteiger charge is -2.08. The van der Waals surface area contributed by atoms with E-state index >= 15 is 0 Å². The van der Waals surface area contributed by atoms with E-state index < -0.39 is 0 Å². The van der Waals surface area contributed by atoms with E-state index in [4.69, 9.17) is 4.74 Å². The number of hydrogen-bond donors (Lipinski definition) is 2. The molecule has 7 heteroatoms. The van der Waals surface area contributed by atoms with Gasteiger partial charge in [-0.1, -0.05) is 18.2 Å². The van der Waals surface area contributed by atoms with Gasteiger partial charge >= 0.3 is 0 Å². The van der Waals surface area contributed by atoms with Gasteiger partial charge in [-0.15, -0.1) is 0 Å². The number of rotatable bonds is 7. The molecule has 2 amide bonds. The number of ether oxygens (including phenoxy) is 1. The molecule has 4 rings (SSSR count). The zero-order chi connectivity index (χ0) is 24.1. The summed E-state index contributed by atoms with van der Waals surface area (Å²) in [4.78, 5) is 29.2. The van der Waals surface area contributed by atoms with Crippen LogP contribution < -0.4 is 15.4 Å². The smallest absolute Gasteiger partial charge is 0.275 e. The highest BCUT2D eigenvalue weighted by Gasteiger charge is 2.11. The number of methoxy groups -OCH3 is 1. The Bertz CT molecular complexity index is 1310. The molecule has 0 radical (unpaired) electrons. The summed E-state index contributed by atoms with van der Waals surface area (Å²) in [5.41, 5.74) is 5.60. The van der Waals surface area contributed by atoms with Gasteiger partial charge in [0.25, 0.3) is 11.8 Å². The van der Waals surface area contributed by atoms with Gasteiger partial charge in [-0.05, 0) is 79.1 Å². The number of nitrogens with zero attached hydrogens (tertiary/aromatic N) is 2. The Balaban J connectivity index is 1.34. The van der Waals surface area contributed by atoms with Crippen LogP contribution in [0.3, 0.4) is 0 Å². The van der Waals surface area contributed by atoms with Crippen LogP contribution in [0.4, 0.5) is 11.4 Å². The number of aryl methyl sites for hydroxylation is 2. The van der Waals surface area contributed by atoms with E-state index in [2.05, 4.69) is 15.6 Å². The maximum Gasteiger partial charge on any atom is 0.275 e. The van der Waals surface area contributed by atoms with Crippen molar-refractivity contribution in [2.24, 2.45) is 0 Å². The quantitative estimate of drug-likeness (QED) is 0.409. The topological polar surface area (TPSA) is 85.2 Å². The molecular weight excluding hydrogens is 428 g/mol. The normalized spacial score (nSPS) is 10.6. The molecule has 34 heavy (non-hydrogen) atoms. The third kappa shape index (κ3) is 5.50. The van der Waals surface area contributed by atoms with E-state index in [1.807, 2.05) is 60.9 Å². The first-order valence-corrected chi connectivity index (χ1v) is 10.9. The third-order valence-corrected chi connectivity index (χ3v) is 5.56. The summed E-state index contributed by atoms with van der Waals surface area (Å²) in [6.07, 6.45) is 3.33. The maximum atomic E-state index is 12.5. The molecule has 4 aromatic rings. The van der Waals surface area contributed by atoms with Gasteiger partial charge in [0.15, 0.2) is 0 Å². The number of aromatic nitrogens is 2. The first-order chi connectivity index (χ1) is 16.4. The van der Waals surface area contributed by atoms with Crippen LogP contribution in [0.2, 0.25) is 0 Å². The number of benzene rings is 3. The average molecular weight is 455 g/mol. The zero-order valence-corrected chi connectivity index (χ0v) is 19.3. The van der Waals surface area contributed by atoms with Gasteiger partial charge in [0.05, 0.1) is 13.4 Å². The van der Waals surface area contributed by atoms with Crippen molar-refractivity contribution in [3.8, 4) is 5.75 Å². The molecular formula is C27H26N4O3. The number of nitrogens with one attached hydrogen (secondary N) is 2. The minimum Gasteiger partial charge on any atom is -0.497 e. The van der Waals surface area contributed by atoms with Crippen molar-refractivity contribution in [2.45, 2.75) is 20.4 Å². The van der Waals surface area contributed by atoms with Crippen LogP contribution in [0.5, 0.6) is 5.75 Å². The van der Waals surface area contributed by atoms with Crippen LogP contribution in [-0.4, -0.2) is 28.5 Å². The Morgan fingerprint density at radius 3 is 2.15 bits per heavy atom. The lowest BCUT2D eigenvalue weighted by atomic mass is 10.1. The van der Waals surface area contributed by atoms with Gasteiger partial charge < -0.3 is 19.9 Å². The number of carbonyl (C=O) groups is 2. The molecule has 0 fully saturated rings. The Kier molecular flexibility index (Phi) is 6.73. The van der Waals surface area contributed by atoms with Crippen molar-refractivity contribution in [1.29, 1.82) is 0 Å². The molecule has 3 aromatic carbocycles. The van der Waals surface area contributed by atoms with Crippen LogP contribution in [0, 0.1) is 13.8 Å². The fourth-order valence-electron chi connectivity index (χ4n) is 3.42. The Labute approximate surface area is 198 Å². The monoisotopic (exact) mass is 454 g/mol. The number of carbonyl (C=O) groups excluding carboxylic acids is 2. The number of anilines is 2. The van der Waals surface area contributed by atoms with Crippen molar-refractivity contribution in [2.75, 3.05) is 17.7 Å². The van der Waals surface area contributed by atoms with E-state index in [0.29, 0.717) is 23.5 Å². The summed E-state index contributed by atoms with van der Waals surface area (Å²) in [5.74, 6) is 0.296. The van der Waals surface area contributed by atoms with Gasteiger partial charge in [-0.3, -0.25) is 9.59 Å². The summed E-state index contributed by atoms with van der Waals surface area (Å²) >= 11 is 0. The minimum absolute atomic E-state index is 0.141. The molecule has 1 aromatic heterocycles. The second-order valence-corrected chi connectivity index (χ2v) is 8.06. The fourth-order valence-corrected chi connectivity index (χ4v) is 3.42. The molecule has 0 spiro atoms. The van der Waals surface area contributed by atoms with Crippen molar-refractivity contribution in [3.05, 3.63) is 107 Å². The summed E-state index contributed by atoms with van der Waals surface area (Å²) in [6, 6.07) is 20.4. The molecule has 0 unspecified atom stereocenters. The van der Waals surface area contributed by atoms with E-state index in [9.17, 15) is 9.59 Å². The largest absolute Gasteiger partial charge is 0.497 e. The standard InChI is InChI=1S/C27H26N4O3/c1-18-4-7-21(14-19(18)2)26(32)29-22-8-5-20(6-9-22)15-31-16-25(28-17-31)27(33)30-23-10-12-24(34-3)13-11-23/h4-14,16-17H,15H2,1-3H3,(H,29,32)(H,30,33). The van der Waals surface area contributed by atoms with Crippen LogP contribution in [0.1, 0.15) is 37.5 Å². The minimum atomic E-state index is -0.284. The highest BCUT2D eigenvalue weighted by atomic mass is 16.5. The molecule has 172 valence electrons. The molecule has 0 aliphatic carbocycles. The summed E-state index contributed by atoms with van der Waals surface area (Å²) < 4.78 is 6.96. The third-order valence-electron chi connectivity index (χ3n) is 5.56. The van der Waals surface area contributed by atoms with Gasteiger partial charge in [0.1, 0.15) is 11.4 Å². The molecule has 1 heterocycles. The highest BCUT2D eigenvalue weighted by molar-refractivity contribution is 6.04. The lowest BCUT2D eigenvalue weighted by Crippen LogP contribution is -2.12. The van der Waals surface area contributed by atoms with Crippen molar-refractivity contribution < 1.29 is 14.3 Å². The zero-order valence-electron chi connectivity index (χ0n) is 19.3. The van der Waals surface area contributed by atoms with E-state index in [1.54, 1.807) is 43.9 Å². The van der Waals surface area contributed by atoms with E-state index in [0.717, 1.165) is 28.1 Å². The molecule has 0 saturated carbocycles. The molecule has 0 bridgehead atoms. The summed E-state index contributed by atoms with van der Waals surface area (Å²) in [7, 11) is 1.59. The van der Waals surface area contributed by atoms with E-state index in [-0.39, 0.29) is 11.8 Å². The lowest BCUT2D eigenvalue weighted by molar-refractivity contribution is 0.101. The number of imidazole rings is 1. The van der Waals surface area contributed by atoms with Crippen LogP contribution in [0.25, 0.3) is 0 Å². The molecule has 7 nitrogen and oxygen atoms in total. The van der Waals surface area contributed by atoms with E-state index in [1.165, 1.54) is 0 Å². The summed E-state index contributed by atoms with van der Waals surface area (Å²) in [5, 5.41) is 5.75. The van der Waals surface area contributed by atoms with Crippen LogP contribution in [-0.2, 0) is 6.54 Å². The molecule has 0 aliphatic rings. The van der Waals surface area contributed by atoms with Crippen LogP contribution in [0.15, 0.2) is 79.3 Å². The van der Waals surface area contributed by atoms with Gasteiger partial charge in [0.2, 0.25) is 0 Å². The predicted octanol–water partition coefficient (Wildman–Crippen LogP) is 5.06. The van der Waals surface area contributed by atoms with Crippen LogP contribution >= 0.6 is 0 Å². The molecule has 0 saturated heterocycles. The maximum absolute atomic E-state index is 12.5. The van der Waals surface area contributed by atoms with Crippen molar-refractivity contribution in [1.82, 2.24) is 9.55 Å². The Morgan fingerprint density at radius 1 is 0.853 bits per heavy atom. The average Bonchev–Trinajstić information content (AvgIpc) is 3.31. The van der Waals surface area contributed by atoms with Gasteiger partial charge in [-0.2, -0.15) is 0 Å². The first-order valence-electron chi connectivity index (χ1n) is 10.9. The van der Waals surface area contributed by atoms with Crippen molar-refractivity contribution >= 4 is 23.2 Å². The number of hydrogen-bond acceptors (Lipinski definition) is 4. The second kappa shape index (κ2) is 10.0. The highest BCUT2D eigenvalue weighted by Crippen LogP contribution is 2.17. The predicted molar refractivity (Wildman–Crippen MR) is 133 cm³/mol.